The van der Waals surface area contributed by atoms with Crippen LogP contribution in [0.3, 0.4) is 0 Å². The largest absolute Gasteiger partial charge is 0.356 e. The number of amides is 1. The smallest absolute Gasteiger partial charge is 0.226 e. The van der Waals surface area contributed by atoms with E-state index in [9.17, 15) is 4.79 Å². The molecule has 0 aliphatic carbocycles. The van der Waals surface area contributed by atoms with Crippen LogP contribution in [0, 0.1) is 13.8 Å². The molecule has 0 spiro atoms. The highest BCUT2D eigenvalue weighted by Crippen LogP contribution is 2.24. The minimum Gasteiger partial charge on any atom is -0.356 e. The quantitative estimate of drug-likeness (QED) is 0.735. The van der Waals surface area contributed by atoms with Crippen molar-refractivity contribution in [3.05, 3.63) is 64.8 Å². The van der Waals surface area contributed by atoms with Gasteiger partial charge < -0.3 is 9.84 Å². The van der Waals surface area contributed by atoms with Crippen molar-refractivity contribution in [2.45, 2.75) is 45.7 Å². The molecule has 4 rings (SSSR count). The lowest BCUT2D eigenvalue weighted by atomic mass is 10.0. The Bertz CT molecular complexity index is 957. The van der Waals surface area contributed by atoms with Crippen LogP contribution in [0.5, 0.6) is 0 Å². The number of piperidine rings is 1. The number of likely N-dealkylation sites (tertiary alicyclic amines) is 1. The summed E-state index contributed by atoms with van der Waals surface area (Å²) >= 11 is 0. The van der Waals surface area contributed by atoms with E-state index in [0.29, 0.717) is 0 Å². The van der Waals surface area contributed by atoms with Gasteiger partial charge in [0, 0.05) is 31.1 Å². The Hall–Kier alpha value is -2.66. The number of fused-ring (bicyclic) bond motifs is 1. The van der Waals surface area contributed by atoms with Crippen LogP contribution in [0.15, 0.2) is 47.0 Å². The molecule has 1 fully saturated rings. The lowest BCUT2D eigenvalue weighted by Crippen LogP contribution is -2.44. The highest BCUT2D eigenvalue weighted by Gasteiger charge is 2.22. The summed E-state index contributed by atoms with van der Waals surface area (Å²) in [5.74, 6) is 0.0240. The SMILES string of the molecule is Cc1cc(C)c2onc(CC(=O)NC3CCN(Cc4ccccc4)CC3)c2c1. The van der Waals surface area contributed by atoms with Crippen LogP contribution in [-0.4, -0.2) is 35.1 Å². The van der Waals surface area contributed by atoms with E-state index >= 15 is 0 Å². The molecule has 2 heterocycles. The zero-order valence-electron chi connectivity index (χ0n) is 16.6. The van der Waals surface area contributed by atoms with Crippen molar-refractivity contribution in [2.24, 2.45) is 0 Å². The predicted molar refractivity (Wildman–Crippen MR) is 110 cm³/mol. The summed E-state index contributed by atoms with van der Waals surface area (Å²) in [4.78, 5) is 15.0. The fourth-order valence-corrected chi connectivity index (χ4v) is 4.08. The van der Waals surface area contributed by atoms with Crippen molar-refractivity contribution in [3.63, 3.8) is 0 Å². The molecule has 2 aromatic carbocycles. The summed E-state index contributed by atoms with van der Waals surface area (Å²) in [6.07, 6.45) is 2.23. The fourth-order valence-electron chi connectivity index (χ4n) is 4.08. The van der Waals surface area contributed by atoms with Gasteiger partial charge in [0.15, 0.2) is 5.58 Å². The van der Waals surface area contributed by atoms with E-state index in [-0.39, 0.29) is 18.4 Å². The molecule has 146 valence electrons. The first-order chi connectivity index (χ1) is 13.6. The van der Waals surface area contributed by atoms with Gasteiger partial charge in [0.2, 0.25) is 5.91 Å². The molecule has 1 amide bonds. The van der Waals surface area contributed by atoms with Crippen LogP contribution < -0.4 is 5.32 Å². The summed E-state index contributed by atoms with van der Waals surface area (Å²) in [6.45, 7) is 7.04. The number of carbonyl (C=O) groups is 1. The summed E-state index contributed by atoms with van der Waals surface area (Å²) < 4.78 is 5.46. The van der Waals surface area contributed by atoms with Crippen LogP contribution in [0.1, 0.15) is 35.2 Å². The van der Waals surface area contributed by atoms with Crippen molar-refractivity contribution in [1.29, 1.82) is 0 Å². The fraction of sp³-hybridized carbons (Fsp3) is 0.391. The molecule has 0 unspecified atom stereocenters. The highest BCUT2D eigenvalue weighted by atomic mass is 16.5. The number of nitrogens with one attached hydrogen (secondary N) is 1. The van der Waals surface area contributed by atoms with Gasteiger partial charge in [0.25, 0.3) is 0 Å². The number of hydrogen-bond acceptors (Lipinski definition) is 4. The minimum atomic E-state index is 0.0240. The molecule has 0 radical (unpaired) electrons. The summed E-state index contributed by atoms with van der Waals surface area (Å²) in [6, 6.07) is 14.9. The van der Waals surface area contributed by atoms with Gasteiger partial charge in [0.1, 0.15) is 5.69 Å². The number of nitrogens with zero attached hydrogens (tertiary/aromatic N) is 2. The Labute approximate surface area is 165 Å². The molecule has 0 saturated carbocycles. The van der Waals surface area contributed by atoms with E-state index in [2.05, 4.69) is 45.7 Å². The second-order valence-electron chi connectivity index (χ2n) is 7.87. The molecule has 5 heteroatoms. The zero-order valence-corrected chi connectivity index (χ0v) is 16.6. The lowest BCUT2D eigenvalue weighted by Gasteiger charge is -2.32. The first-order valence-electron chi connectivity index (χ1n) is 9.99. The van der Waals surface area contributed by atoms with E-state index in [1.54, 1.807) is 0 Å². The van der Waals surface area contributed by atoms with Crippen LogP contribution >= 0.6 is 0 Å². The van der Waals surface area contributed by atoms with E-state index in [1.165, 1.54) is 5.56 Å². The number of aryl methyl sites for hydroxylation is 2. The van der Waals surface area contributed by atoms with Gasteiger partial charge in [-0.15, -0.1) is 0 Å². The highest BCUT2D eigenvalue weighted by molar-refractivity contribution is 5.88. The van der Waals surface area contributed by atoms with Crippen molar-refractivity contribution in [3.8, 4) is 0 Å². The molecule has 1 N–H and O–H groups in total. The van der Waals surface area contributed by atoms with Crippen molar-refractivity contribution in [1.82, 2.24) is 15.4 Å². The number of carbonyl (C=O) groups excluding carboxylic acids is 1. The van der Waals surface area contributed by atoms with Gasteiger partial charge in [-0.25, -0.2) is 0 Å². The molecule has 5 nitrogen and oxygen atoms in total. The second kappa shape index (κ2) is 8.15. The average molecular weight is 377 g/mol. The molecule has 1 aliphatic heterocycles. The zero-order chi connectivity index (χ0) is 19.5. The summed E-state index contributed by atoms with van der Waals surface area (Å²) in [7, 11) is 0. The van der Waals surface area contributed by atoms with Gasteiger partial charge in [-0.3, -0.25) is 9.69 Å². The number of hydrogen-bond donors (Lipinski definition) is 1. The third-order valence-electron chi connectivity index (χ3n) is 5.51. The third-order valence-corrected chi connectivity index (χ3v) is 5.51. The molecule has 1 saturated heterocycles. The standard InChI is InChI=1S/C23H27N3O2/c1-16-12-17(2)23-20(13-16)21(25-28-23)14-22(27)24-19-8-10-26(11-9-19)15-18-6-4-3-5-7-18/h3-7,12-13,19H,8-11,14-15H2,1-2H3,(H,24,27). The molecule has 0 bridgehead atoms. The Balaban J connectivity index is 1.30. The number of benzene rings is 2. The molecule has 0 atom stereocenters. The Morgan fingerprint density at radius 1 is 1.18 bits per heavy atom. The Kier molecular flexibility index (Phi) is 5.44. The average Bonchev–Trinajstić information content (AvgIpc) is 3.07. The van der Waals surface area contributed by atoms with Crippen LogP contribution in [0.2, 0.25) is 0 Å². The van der Waals surface area contributed by atoms with Gasteiger partial charge in [-0.05, 0) is 49.4 Å². The maximum atomic E-state index is 12.6. The van der Waals surface area contributed by atoms with Crippen molar-refractivity contribution in [2.75, 3.05) is 13.1 Å². The van der Waals surface area contributed by atoms with E-state index in [1.807, 2.05) is 26.0 Å². The second-order valence-corrected chi connectivity index (χ2v) is 7.87. The number of aromatic nitrogens is 1. The van der Waals surface area contributed by atoms with Crippen LogP contribution in [-0.2, 0) is 17.8 Å². The summed E-state index contributed by atoms with van der Waals surface area (Å²) in [5, 5.41) is 8.28. The van der Waals surface area contributed by atoms with Gasteiger partial charge in [-0.1, -0.05) is 41.6 Å². The molecule has 3 aromatic rings. The maximum absolute atomic E-state index is 12.6. The Morgan fingerprint density at radius 3 is 2.68 bits per heavy atom. The normalized spacial score (nSPS) is 15.8. The first kappa shape index (κ1) is 18.7. The lowest BCUT2D eigenvalue weighted by molar-refractivity contribution is -0.121. The Morgan fingerprint density at radius 2 is 1.93 bits per heavy atom. The minimum absolute atomic E-state index is 0.0240. The molecule has 28 heavy (non-hydrogen) atoms. The monoisotopic (exact) mass is 377 g/mol. The van der Waals surface area contributed by atoms with Gasteiger partial charge in [-0.2, -0.15) is 0 Å². The van der Waals surface area contributed by atoms with Crippen molar-refractivity contribution >= 4 is 16.9 Å². The molecular formula is C23H27N3O2. The maximum Gasteiger partial charge on any atom is 0.226 e. The van der Waals surface area contributed by atoms with Crippen LogP contribution in [0.4, 0.5) is 0 Å². The third kappa shape index (κ3) is 4.25. The number of rotatable bonds is 5. The first-order valence-corrected chi connectivity index (χ1v) is 9.99. The predicted octanol–water partition coefficient (Wildman–Crippen LogP) is 3.77. The van der Waals surface area contributed by atoms with Gasteiger partial charge in [0.05, 0.1) is 6.42 Å². The van der Waals surface area contributed by atoms with Crippen molar-refractivity contribution < 1.29 is 9.32 Å². The van der Waals surface area contributed by atoms with E-state index in [4.69, 9.17) is 4.52 Å². The summed E-state index contributed by atoms with van der Waals surface area (Å²) in [5.41, 5.74) is 5.05. The van der Waals surface area contributed by atoms with E-state index in [0.717, 1.165) is 60.3 Å². The molecule has 1 aliphatic rings. The van der Waals surface area contributed by atoms with E-state index < -0.39 is 0 Å². The van der Waals surface area contributed by atoms with Crippen LogP contribution in [0.25, 0.3) is 11.0 Å². The molecule has 1 aromatic heterocycles. The van der Waals surface area contributed by atoms with Gasteiger partial charge >= 0.3 is 0 Å². The topological polar surface area (TPSA) is 58.4 Å². The molecular weight excluding hydrogens is 350 g/mol.